The Morgan fingerprint density at radius 3 is 2.44 bits per heavy atom. The van der Waals surface area contributed by atoms with Crippen LogP contribution in [-0.4, -0.2) is 6.54 Å². The molecule has 92 valence electrons. The Morgan fingerprint density at radius 1 is 1.00 bits per heavy atom. The van der Waals surface area contributed by atoms with Gasteiger partial charge in [0.15, 0.2) is 0 Å². The first kappa shape index (κ1) is 12.5. The lowest BCUT2D eigenvalue weighted by molar-refractivity contribution is 0.628. The molecule has 0 radical (unpaired) electrons. The first-order valence-electron chi connectivity index (χ1n) is 6.02. The standard InChI is InChI=1S/C16H16FN/c17-16-6-3-5-15(12-16)14-9-7-13(8-10-14)4-1-2-11-18/h1,3-10,12H,2,11,18H2/b4-1+. The van der Waals surface area contributed by atoms with E-state index in [0.717, 1.165) is 23.1 Å². The van der Waals surface area contributed by atoms with Crippen molar-refractivity contribution >= 4 is 6.08 Å². The predicted octanol–water partition coefficient (Wildman–Crippen LogP) is 3.85. The molecule has 0 heterocycles. The molecule has 0 unspecified atom stereocenters. The Hall–Kier alpha value is -1.93. The molecular weight excluding hydrogens is 225 g/mol. The maximum atomic E-state index is 13.1. The smallest absolute Gasteiger partial charge is 0.123 e. The molecule has 0 atom stereocenters. The Kier molecular flexibility index (Phi) is 4.26. The Labute approximate surface area is 107 Å². The van der Waals surface area contributed by atoms with Crippen molar-refractivity contribution in [3.63, 3.8) is 0 Å². The van der Waals surface area contributed by atoms with Gasteiger partial charge >= 0.3 is 0 Å². The topological polar surface area (TPSA) is 26.0 Å². The van der Waals surface area contributed by atoms with Crippen LogP contribution in [0.4, 0.5) is 4.39 Å². The van der Waals surface area contributed by atoms with Crippen molar-refractivity contribution in [2.24, 2.45) is 5.73 Å². The van der Waals surface area contributed by atoms with Gasteiger partial charge in [-0.25, -0.2) is 4.39 Å². The molecule has 18 heavy (non-hydrogen) atoms. The molecule has 0 bridgehead atoms. The van der Waals surface area contributed by atoms with E-state index in [0.29, 0.717) is 6.54 Å². The predicted molar refractivity (Wildman–Crippen MR) is 74.5 cm³/mol. The van der Waals surface area contributed by atoms with Crippen LogP contribution < -0.4 is 5.73 Å². The van der Waals surface area contributed by atoms with Crippen molar-refractivity contribution in [3.05, 3.63) is 66.0 Å². The van der Waals surface area contributed by atoms with Crippen LogP contribution in [0.2, 0.25) is 0 Å². The second-order valence-electron chi connectivity index (χ2n) is 4.11. The molecule has 0 saturated carbocycles. The van der Waals surface area contributed by atoms with Crippen LogP contribution in [-0.2, 0) is 0 Å². The molecule has 0 aromatic heterocycles. The second kappa shape index (κ2) is 6.12. The summed E-state index contributed by atoms with van der Waals surface area (Å²) in [5.74, 6) is -0.209. The van der Waals surface area contributed by atoms with Gasteiger partial charge in [-0.3, -0.25) is 0 Å². The summed E-state index contributed by atoms with van der Waals surface area (Å²) in [6.45, 7) is 0.665. The lowest BCUT2D eigenvalue weighted by Gasteiger charge is -2.02. The summed E-state index contributed by atoms with van der Waals surface area (Å²) in [6, 6.07) is 14.7. The first-order chi connectivity index (χ1) is 8.79. The minimum Gasteiger partial charge on any atom is -0.330 e. The average Bonchev–Trinajstić information content (AvgIpc) is 2.40. The van der Waals surface area contributed by atoms with E-state index in [1.165, 1.54) is 6.07 Å². The second-order valence-corrected chi connectivity index (χ2v) is 4.11. The summed E-state index contributed by atoms with van der Waals surface area (Å²) in [5.41, 5.74) is 8.46. The summed E-state index contributed by atoms with van der Waals surface area (Å²) in [4.78, 5) is 0. The zero-order valence-electron chi connectivity index (χ0n) is 10.1. The highest BCUT2D eigenvalue weighted by molar-refractivity contribution is 5.65. The van der Waals surface area contributed by atoms with Gasteiger partial charge in [-0.1, -0.05) is 48.6 Å². The summed E-state index contributed by atoms with van der Waals surface area (Å²) in [7, 11) is 0. The highest BCUT2D eigenvalue weighted by Gasteiger charge is 1.98. The van der Waals surface area contributed by atoms with Crippen molar-refractivity contribution in [1.29, 1.82) is 0 Å². The molecule has 0 aliphatic heterocycles. The summed E-state index contributed by atoms with van der Waals surface area (Å²) < 4.78 is 13.1. The van der Waals surface area contributed by atoms with Gasteiger partial charge in [0.25, 0.3) is 0 Å². The van der Waals surface area contributed by atoms with Crippen LogP contribution >= 0.6 is 0 Å². The van der Waals surface area contributed by atoms with E-state index in [-0.39, 0.29) is 5.82 Å². The number of hydrogen-bond donors (Lipinski definition) is 1. The van der Waals surface area contributed by atoms with Gasteiger partial charge in [0.1, 0.15) is 5.82 Å². The number of rotatable bonds is 4. The maximum Gasteiger partial charge on any atom is 0.123 e. The van der Waals surface area contributed by atoms with Gasteiger partial charge < -0.3 is 5.73 Å². The van der Waals surface area contributed by atoms with Gasteiger partial charge in [0.2, 0.25) is 0 Å². The maximum absolute atomic E-state index is 13.1. The van der Waals surface area contributed by atoms with Crippen LogP contribution in [0.1, 0.15) is 12.0 Å². The third kappa shape index (κ3) is 3.28. The fourth-order valence-electron chi connectivity index (χ4n) is 1.77. The SMILES string of the molecule is NCC/C=C/c1ccc(-c2cccc(F)c2)cc1. The summed E-state index contributed by atoms with van der Waals surface area (Å²) >= 11 is 0. The molecule has 1 nitrogen and oxygen atoms in total. The zero-order chi connectivity index (χ0) is 12.8. The van der Waals surface area contributed by atoms with E-state index in [1.54, 1.807) is 12.1 Å². The van der Waals surface area contributed by atoms with Crippen molar-refractivity contribution in [3.8, 4) is 11.1 Å². The normalized spacial score (nSPS) is 11.0. The molecule has 2 aromatic rings. The molecule has 0 aliphatic rings. The first-order valence-corrected chi connectivity index (χ1v) is 6.02. The molecule has 2 N–H and O–H groups in total. The molecule has 2 heteroatoms. The monoisotopic (exact) mass is 241 g/mol. The Bertz CT molecular complexity index is 529. The molecule has 0 spiro atoms. The number of hydrogen-bond acceptors (Lipinski definition) is 1. The summed E-state index contributed by atoms with van der Waals surface area (Å²) in [5, 5.41) is 0. The van der Waals surface area contributed by atoms with E-state index >= 15 is 0 Å². The van der Waals surface area contributed by atoms with Crippen LogP contribution in [0.15, 0.2) is 54.6 Å². The lowest BCUT2D eigenvalue weighted by Crippen LogP contribution is -1.94. The lowest BCUT2D eigenvalue weighted by atomic mass is 10.0. The van der Waals surface area contributed by atoms with E-state index < -0.39 is 0 Å². The van der Waals surface area contributed by atoms with Gasteiger partial charge in [0.05, 0.1) is 0 Å². The molecule has 2 aromatic carbocycles. The van der Waals surface area contributed by atoms with Gasteiger partial charge in [-0.2, -0.15) is 0 Å². The number of halogens is 1. The van der Waals surface area contributed by atoms with Crippen LogP contribution in [0.3, 0.4) is 0 Å². The fourth-order valence-corrected chi connectivity index (χ4v) is 1.77. The number of benzene rings is 2. The van der Waals surface area contributed by atoms with E-state index in [4.69, 9.17) is 5.73 Å². The third-order valence-electron chi connectivity index (χ3n) is 2.71. The summed E-state index contributed by atoms with van der Waals surface area (Å²) in [6.07, 6.45) is 4.98. The Balaban J connectivity index is 2.17. The fraction of sp³-hybridized carbons (Fsp3) is 0.125. The van der Waals surface area contributed by atoms with Crippen LogP contribution in [0, 0.1) is 5.82 Å². The zero-order valence-corrected chi connectivity index (χ0v) is 10.1. The molecule has 0 saturated heterocycles. The molecule has 0 amide bonds. The highest BCUT2D eigenvalue weighted by atomic mass is 19.1. The molecule has 0 aliphatic carbocycles. The largest absolute Gasteiger partial charge is 0.330 e. The van der Waals surface area contributed by atoms with Crippen molar-refractivity contribution in [2.45, 2.75) is 6.42 Å². The third-order valence-corrected chi connectivity index (χ3v) is 2.71. The molecular formula is C16H16FN. The quantitative estimate of drug-likeness (QED) is 0.864. The van der Waals surface area contributed by atoms with Crippen molar-refractivity contribution in [1.82, 2.24) is 0 Å². The minimum atomic E-state index is -0.209. The molecule has 2 rings (SSSR count). The highest BCUT2D eigenvalue weighted by Crippen LogP contribution is 2.20. The van der Waals surface area contributed by atoms with Gasteiger partial charge in [0, 0.05) is 0 Å². The van der Waals surface area contributed by atoms with E-state index in [9.17, 15) is 4.39 Å². The van der Waals surface area contributed by atoms with Crippen molar-refractivity contribution in [2.75, 3.05) is 6.54 Å². The van der Waals surface area contributed by atoms with E-state index in [1.807, 2.05) is 36.4 Å². The van der Waals surface area contributed by atoms with Gasteiger partial charge in [-0.05, 0) is 41.8 Å². The Morgan fingerprint density at radius 2 is 1.78 bits per heavy atom. The average molecular weight is 241 g/mol. The van der Waals surface area contributed by atoms with Crippen LogP contribution in [0.5, 0.6) is 0 Å². The molecule has 0 fully saturated rings. The minimum absolute atomic E-state index is 0.209. The number of nitrogens with two attached hydrogens (primary N) is 1. The van der Waals surface area contributed by atoms with E-state index in [2.05, 4.69) is 6.08 Å². The van der Waals surface area contributed by atoms with Crippen LogP contribution in [0.25, 0.3) is 17.2 Å². The van der Waals surface area contributed by atoms with Gasteiger partial charge in [-0.15, -0.1) is 0 Å². The van der Waals surface area contributed by atoms with Crippen molar-refractivity contribution < 1.29 is 4.39 Å².